The Kier molecular flexibility index (Phi) is 5.05. The molecule has 0 aliphatic heterocycles. The van der Waals surface area contributed by atoms with E-state index in [-0.39, 0.29) is 5.91 Å². The average Bonchev–Trinajstić information content (AvgIpc) is 3.25. The van der Waals surface area contributed by atoms with Gasteiger partial charge in [-0.25, -0.2) is 0 Å². The molecule has 150 valence electrons. The van der Waals surface area contributed by atoms with E-state index in [0.29, 0.717) is 6.54 Å². The van der Waals surface area contributed by atoms with E-state index in [1.165, 1.54) is 11.1 Å². The number of benzene rings is 2. The molecule has 0 spiro atoms. The second-order valence-corrected chi connectivity index (χ2v) is 7.47. The fourth-order valence-corrected chi connectivity index (χ4v) is 4.10. The topological polar surface area (TPSA) is 59.1 Å². The summed E-state index contributed by atoms with van der Waals surface area (Å²) in [7, 11) is 3.63. The van der Waals surface area contributed by atoms with Crippen LogP contribution in [0.15, 0.2) is 42.6 Å². The van der Waals surface area contributed by atoms with Gasteiger partial charge in [0.15, 0.2) is 0 Å². The number of carbonyl (C=O) groups excluding carboxylic acids is 1. The second-order valence-electron chi connectivity index (χ2n) is 7.47. The predicted molar refractivity (Wildman–Crippen MR) is 118 cm³/mol. The maximum absolute atomic E-state index is 12.9. The van der Waals surface area contributed by atoms with Crippen molar-refractivity contribution < 1.29 is 9.53 Å². The minimum atomic E-state index is -0.0309. The quantitative estimate of drug-likeness (QED) is 0.510. The zero-order chi connectivity index (χ0) is 20.5. The number of fused-ring (bicyclic) bond motifs is 2. The van der Waals surface area contributed by atoms with E-state index in [0.717, 1.165) is 51.7 Å². The Balaban J connectivity index is 1.52. The first-order valence-corrected chi connectivity index (χ1v) is 10.0. The molecule has 0 saturated carbocycles. The van der Waals surface area contributed by atoms with E-state index in [1.807, 2.05) is 42.9 Å². The van der Waals surface area contributed by atoms with Crippen molar-refractivity contribution in [1.82, 2.24) is 14.9 Å². The number of H-pyrrole nitrogens is 1. The summed E-state index contributed by atoms with van der Waals surface area (Å²) in [5.74, 6) is 0.802. The monoisotopic (exact) mass is 389 g/mol. The normalized spacial score (nSPS) is 11.3. The standard InChI is InChI=1S/C24H27N3O2/c1-5-16-6-9-22-19(12-16)15(2)23(27(22)3)24(28)25-11-10-17-14-26-21-8-7-18(29-4)13-20(17)21/h6-9,12-14,26H,5,10-11H2,1-4H3,(H,25,28). The second kappa shape index (κ2) is 7.66. The Morgan fingerprint density at radius 2 is 2.00 bits per heavy atom. The molecule has 0 saturated heterocycles. The third kappa shape index (κ3) is 3.37. The highest BCUT2D eigenvalue weighted by Gasteiger charge is 2.18. The third-order valence-electron chi connectivity index (χ3n) is 5.79. The van der Waals surface area contributed by atoms with Crippen molar-refractivity contribution in [2.24, 2.45) is 7.05 Å². The van der Waals surface area contributed by atoms with Gasteiger partial charge in [0.1, 0.15) is 11.4 Å². The Bertz CT molecular complexity index is 1200. The zero-order valence-corrected chi connectivity index (χ0v) is 17.4. The summed E-state index contributed by atoms with van der Waals surface area (Å²) in [6.07, 6.45) is 3.74. The van der Waals surface area contributed by atoms with Crippen LogP contribution in [0.1, 0.15) is 34.1 Å². The molecule has 4 rings (SSSR count). The number of ether oxygens (including phenoxy) is 1. The molecule has 0 unspecified atom stereocenters. The summed E-state index contributed by atoms with van der Waals surface area (Å²) < 4.78 is 7.33. The van der Waals surface area contributed by atoms with E-state index in [2.05, 4.69) is 35.4 Å². The Labute approximate surface area is 170 Å². The molecule has 0 radical (unpaired) electrons. The van der Waals surface area contributed by atoms with Crippen molar-refractivity contribution >= 4 is 27.7 Å². The Morgan fingerprint density at radius 3 is 2.76 bits per heavy atom. The molecule has 2 heterocycles. The number of rotatable bonds is 6. The van der Waals surface area contributed by atoms with Crippen LogP contribution in [0.4, 0.5) is 0 Å². The number of hydrogen-bond donors (Lipinski definition) is 2. The van der Waals surface area contributed by atoms with Crippen molar-refractivity contribution in [1.29, 1.82) is 0 Å². The molecule has 2 N–H and O–H groups in total. The lowest BCUT2D eigenvalue weighted by atomic mass is 10.1. The number of aryl methyl sites for hydroxylation is 3. The van der Waals surface area contributed by atoms with Crippen molar-refractivity contribution in [3.63, 3.8) is 0 Å². The van der Waals surface area contributed by atoms with Crippen molar-refractivity contribution in [2.75, 3.05) is 13.7 Å². The van der Waals surface area contributed by atoms with Gasteiger partial charge in [0.05, 0.1) is 7.11 Å². The lowest BCUT2D eigenvalue weighted by Gasteiger charge is -2.08. The largest absolute Gasteiger partial charge is 0.497 e. The summed E-state index contributed by atoms with van der Waals surface area (Å²) >= 11 is 0. The van der Waals surface area contributed by atoms with Crippen LogP contribution in [-0.4, -0.2) is 29.1 Å². The maximum Gasteiger partial charge on any atom is 0.268 e. The summed E-state index contributed by atoms with van der Waals surface area (Å²) in [5, 5.41) is 5.38. The first-order chi connectivity index (χ1) is 14.0. The number of aromatic amines is 1. The van der Waals surface area contributed by atoms with E-state index >= 15 is 0 Å². The number of nitrogens with one attached hydrogen (secondary N) is 2. The summed E-state index contributed by atoms with van der Waals surface area (Å²) in [6.45, 7) is 4.75. The molecule has 4 aromatic rings. The van der Waals surface area contributed by atoms with E-state index < -0.39 is 0 Å². The van der Waals surface area contributed by atoms with Crippen LogP contribution in [-0.2, 0) is 19.9 Å². The van der Waals surface area contributed by atoms with Gasteiger partial charge >= 0.3 is 0 Å². The summed E-state index contributed by atoms with van der Waals surface area (Å²) in [6, 6.07) is 12.4. The molecule has 0 aliphatic carbocycles. The Hall–Kier alpha value is -3.21. The predicted octanol–water partition coefficient (Wildman–Crippen LogP) is 4.51. The third-order valence-corrected chi connectivity index (χ3v) is 5.79. The van der Waals surface area contributed by atoms with Crippen LogP contribution in [0.3, 0.4) is 0 Å². The smallest absolute Gasteiger partial charge is 0.268 e. The van der Waals surface area contributed by atoms with Gasteiger partial charge < -0.3 is 19.6 Å². The number of carbonyl (C=O) groups is 1. The average molecular weight is 389 g/mol. The van der Waals surface area contributed by atoms with Gasteiger partial charge in [-0.1, -0.05) is 13.0 Å². The molecule has 2 aromatic heterocycles. The number of aromatic nitrogens is 2. The highest BCUT2D eigenvalue weighted by Crippen LogP contribution is 2.26. The number of amides is 1. The molecule has 1 amide bonds. The molecule has 0 aliphatic rings. The zero-order valence-electron chi connectivity index (χ0n) is 17.4. The first kappa shape index (κ1) is 19.1. The van der Waals surface area contributed by atoms with Crippen LogP contribution in [0.5, 0.6) is 5.75 Å². The van der Waals surface area contributed by atoms with Crippen LogP contribution in [0.2, 0.25) is 0 Å². The molecular formula is C24H27N3O2. The van der Waals surface area contributed by atoms with Gasteiger partial charge in [0, 0.05) is 41.6 Å². The van der Waals surface area contributed by atoms with Gasteiger partial charge in [0.2, 0.25) is 0 Å². The lowest BCUT2D eigenvalue weighted by Crippen LogP contribution is -2.28. The molecule has 0 atom stereocenters. The molecule has 2 aromatic carbocycles. The van der Waals surface area contributed by atoms with Crippen LogP contribution >= 0.6 is 0 Å². The van der Waals surface area contributed by atoms with Crippen molar-refractivity contribution in [3.8, 4) is 5.75 Å². The molecule has 0 fully saturated rings. The van der Waals surface area contributed by atoms with E-state index in [9.17, 15) is 4.79 Å². The van der Waals surface area contributed by atoms with Gasteiger partial charge in [-0.3, -0.25) is 4.79 Å². The number of hydrogen-bond acceptors (Lipinski definition) is 2. The van der Waals surface area contributed by atoms with Gasteiger partial charge in [0.25, 0.3) is 5.91 Å². The molecule has 0 bridgehead atoms. The van der Waals surface area contributed by atoms with Gasteiger partial charge in [-0.05, 0) is 66.8 Å². The molecule has 29 heavy (non-hydrogen) atoms. The lowest BCUT2D eigenvalue weighted by molar-refractivity contribution is 0.0946. The summed E-state index contributed by atoms with van der Waals surface area (Å²) in [5.41, 5.74) is 6.38. The van der Waals surface area contributed by atoms with Gasteiger partial charge in [-0.15, -0.1) is 0 Å². The Morgan fingerprint density at radius 1 is 1.17 bits per heavy atom. The van der Waals surface area contributed by atoms with Crippen LogP contribution in [0.25, 0.3) is 21.8 Å². The fourth-order valence-electron chi connectivity index (χ4n) is 4.10. The number of nitrogens with zero attached hydrogens (tertiary/aromatic N) is 1. The molecular weight excluding hydrogens is 362 g/mol. The minimum absolute atomic E-state index is 0.0309. The van der Waals surface area contributed by atoms with Crippen molar-refractivity contribution in [3.05, 3.63) is 65.0 Å². The maximum atomic E-state index is 12.9. The van der Waals surface area contributed by atoms with E-state index in [1.54, 1.807) is 7.11 Å². The van der Waals surface area contributed by atoms with Crippen LogP contribution in [0, 0.1) is 6.92 Å². The van der Waals surface area contributed by atoms with Crippen LogP contribution < -0.4 is 10.1 Å². The number of methoxy groups -OCH3 is 1. The SMILES string of the molecule is CCc1ccc2c(c1)c(C)c(C(=O)NCCc1c[nH]c3ccc(OC)cc13)n2C. The molecule has 5 nitrogen and oxygen atoms in total. The fraction of sp³-hybridized carbons (Fsp3) is 0.292. The highest BCUT2D eigenvalue weighted by atomic mass is 16.5. The minimum Gasteiger partial charge on any atom is -0.497 e. The summed E-state index contributed by atoms with van der Waals surface area (Å²) in [4.78, 5) is 16.2. The van der Waals surface area contributed by atoms with E-state index in [4.69, 9.17) is 4.74 Å². The molecule has 5 heteroatoms. The highest BCUT2D eigenvalue weighted by molar-refractivity contribution is 6.01. The van der Waals surface area contributed by atoms with Crippen molar-refractivity contribution in [2.45, 2.75) is 26.7 Å². The van der Waals surface area contributed by atoms with Gasteiger partial charge in [-0.2, -0.15) is 0 Å². The first-order valence-electron chi connectivity index (χ1n) is 10.0.